The second-order valence-electron chi connectivity index (χ2n) is 8.73. The lowest BCUT2D eigenvalue weighted by Gasteiger charge is -2.31. The maximum absolute atomic E-state index is 13.3. The molecule has 0 unspecified atom stereocenters. The Morgan fingerprint density at radius 3 is 2.17 bits per heavy atom. The van der Waals surface area contributed by atoms with Crippen molar-refractivity contribution in [1.82, 2.24) is 10.2 Å². The number of nitrogens with zero attached hydrogens (tertiary/aromatic N) is 1. The molecule has 0 aliphatic heterocycles. The van der Waals surface area contributed by atoms with Gasteiger partial charge in [0.1, 0.15) is 29.0 Å². The molecular weight excluding hydrogens is 448 g/mol. The van der Waals surface area contributed by atoms with Gasteiger partial charge in [-0.15, -0.1) is 0 Å². The number of carbonyl (C=O) groups excluding carboxylic acids is 2. The Kier molecular flexibility index (Phi) is 9.64. The average molecular weight is 485 g/mol. The first-order valence-electron chi connectivity index (χ1n) is 12.0. The molecule has 1 aliphatic carbocycles. The van der Waals surface area contributed by atoms with Crippen molar-refractivity contribution < 1.29 is 28.5 Å². The molecule has 190 valence electrons. The minimum atomic E-state index is -0.668. The number of hydrogen-bond donors (Lipinski definition) is 1. The van der Waals surface area contributed by atoms with Crippen LogP contribution in [0.1, 0.15) is 44.6 Å². The summed E-state index contributed by atoms with van der Waals surface area (Å²) in [4.78, 5) is 28.0. The van der Waals surface area contributed by atoms with Crippen molar-refractivity contribution in [3.05, 3.63) is 48.0 Å². The molecular formula is C27H36N2O6. The predicted octanol–water partition coefficient (Wildman–Crippen LogP) is 3.96. The fourth-order valence-electron chi connectivity index (χ4n) is 4.21. The lowest BCUT2D eigenvalue weighted by atomic mass is 9.95. The van der Waals surface area contributed by atoms with Gasteiger partial charge in [0, 0.05) is 30.8 Å². The van der Waals surface area contributed by atoms with Crippen LogP contribution in [0.2, 0.25) is 0 Å². The van der Waals surface area contributed by atoms with Crippen LogP contribution in [0.25, 0.3) is 0 Å². The first-order valence-corrected chi connectivity index (χ1v) is 12.0. The van der Waals surface area contributed by atoms with Gasteiger partial charge in [0.15, 0.2) is 6.61 Å². The van der Waals surface area contributed by atoms with E-state index in [9.17, 15) is 9.59 Å². The standard InChI is InChI=1S/C27H36N2O6/c1-19(27(31)28-21-10-6-5-7-11-21)29(17-20-9-8-12-22(13-20)32-2)26(30)18-35-25-15-23(33-3)14-24(16-25)34-4/h8-9,12-16,19,21H,5-7,10-11,17-18H2,1-4H3,(H,28,31)/t19-/m0/s1. The van der Waals surface area contributed by atoms with Gasteiger partial charge in [-0.25, -0.2) is 0 Å². The first kappa shape index (κ1) is 26.2. The Morgan fingerprint density at radius 2 is 1.54 bits per heavy atom. The van der Waals surface area contributed by atoms with Crippen molar-refractivity contribution in [2.75, 3.05) is 27.9 Å². The van der Waals surface area contributed by atoms with E-state index in [0.717, 1.165) is 31.2 Å². The number of nitrogens with one attached hydrogen (secondary N) is 1. The summed E-state index contributed by atoms with van der Waals surface area (Å²) in [5, 5.41) is 3.13. The average Bonchev–Trinajstić information content (AvgIpc) is 2.90. The molecule has 0 bridgehead atoms. The minimum absolute atomic E-state index is 0.156. The van der Waals surface area contributed by atoms with Crippen LogP contribution in [0.5, 0.6) is 23.0 Å². The van der Waals surface area contributed by atoms with E-state index in [1.165, 1.54) is 6.42 Å². The SMILES string of the molecule is COc1cccc(CN(C(=O)COc2cc(OC)cc(OC)c2)[C@@H](C)C(=O)NC2CCCCC2)c1. The molecule has 0 radical (unpaired) electrons. The Balaban J connectivity index is 1.75. The Morgan fingerprint density at radius 1 is 0.914 bits per heavy atom. The van der Waals surface area contributed by atoms with Gasteiger partial charge in [-0.2, -0.15) is 0 Å². The maximum atomic E-state index is 13.3. The lowest BCUT2D eigenvalue weighted by molar-refractivity contribution is -0.142. The van der Waals surface area contributed by atoms with Crippen molar-refractivity contribution in [2.45, 2.75) is 57.7 Å². The van der Waals surface area contributed by atoms with Crippen LogP contribution in [0.4, 0.5) is 0 Å². The van der Waals surface area contributed by atoms with E-state index in [1.807, 2.05) is 24.3 Å². The molecule has 1 atom stereocenters. The third kappa shape index (κ3) is 7.53. The maximum Gasteiger partial charge on any atom is 0.261 e. The summed E-state index contributed by atoms with van der Waals surface area (Å²) in [6.45, 7) is 1.77. The highest BCUT2D eigenvalue weighted by Gasteiger charge is 2.28. The van der Waals surface area contributed by atoms with Crippen LogP contribution in [0.3, 0.4) is 0 Å². The van der Waals surface area contributed by atoms with Gasteiger partial charge >= 0.3 is 0 Å². The van der Waals surface area contributed by atoms with Crippen molar-refractivity contribution in [2.24, 2.45) is 0 Å². The molecule has 1 fully saturated rings. The van der Waals surface area contributed by atoms with E-state index < -0.39 is 6.04 Å². The molecule has 0 heterocycles. The van der Waals surface area contributed by atoms with Crippen molar-refractivity contribution >= 4 is 11.8 Å². The molecule has 1 saturated carbocycles. The summed E-state index contributed by atoms with van der Waals surface area (Å²) in [7, 11) is 4.69. The monoisotopic (exact) mass is 484 g/mol. The van der Waals surface area contributed by atoms with Gasteiger partial charge in [0.25, 0.3) is 5.91 Å². The predicted molar refractivity (Wildman–Crippen MR) is 133 cm³/mol. The molecule has 2 aromatic rings. The van der Waals surface area contributed by atoms with Crippen LogP contribution in [-0.4, -0.2) is 56.7 Å². The molecule has 3 rings (SSSR count). The van der Waals surface area contributed by atoms with E-state index in [-0.39, 0.29) is 31.0 Å². The van der Waals surface area contributed by atoms with E-state index in [1.54, 1.807) is 51.4 Å². The lowest BCUT2D eigenvalue weighted by Crippen LogP contribution is -2.51. The highest BCUT2D eigenvalue weighted by Crippen LogP contribution is 2.27. The number of hydrogen-bond acceptors (Lipinski definition) is 6. The fourth-order valence-corrected chi connectivity index (χ4v) is 4.21. The summed E-state index contributed by atoms with van der Waals surface area (Å²) in [5.74, 6) is 1.78. The van der Waals surface area contributed by atoms with Crippen LogP contribution >= 0.6 is 0 Å². The molecule has 2 amide bonds. The topological polar surface area (TPSA) is 86.3 Å². The van der Waals surface area contributed by atoms with E-state index >= 15 is 0 Å². The van der Waals surface area contributed by atoms with Crippen molar-refractivity contribution in [3.8, 4) is 23.0 Å². The van der Waals surface area contributed by atoms with E-state index in [2.05, 4.69) is 5.32 Å². The van der Waals surface area contributed by atoms with Gasteiger partial charge in [-0.3, -0.25) is 9.59 Å². The Labute approximate surface area is 207 Å². The number of rotatable bonds is 11. The zero-order valence-corrected chi connectivity index (χ0v) is 21.0. The molecule has 0 aromatic heterocycles. The molecule has 1 N–H and O–H groups in total. The zero-order chi connectivity index (χ0) is 25.2. The third-order valence-corrected chi connectivity index (χ3v) is 6.29. The van der Waals surface area contributed by atoms with E-state index in [4.69, 9.17) is 18.9 Å². The second-order valence-corrected chi connectivity index (χ2v) is 8.73. The van der Waals surface area contributed by atoms with Gasteiger partial charge < -0.3 is 29.2 Å². The zero-order valence-electron chi connectivity index (χ0n) is 21.0. The van der Waals surface area contributed by atoms with Crippen LogP contribution in [0.15, 0.2) is 42.5 Å². The first-order chi connectivity index (χ1) is 16.9. The van der Waals surface area contributed by atoms with Gasteiger partial charge in [-0.05, 0) is 37.5 Å². The summed E-state index contributed by atoms with van der Waals surface area (Å²) >= 11 is 0. The van der Waals surface area contributed by atoms with Crippen molar-refractivity contribution in [1.29, 1.82) is 0 Å². The van der Waals surface area contributed by atoms with Crippen LogP contribution < -0.4 is 24.3 Å². The molecule has 2 aromatic carbocycles. The number of ether oxygens (including phenoxy) is 4. The van der Waals surface area contributed by atoms with Crippen LogP contribution in [0, 0.1) is 0 Å². The molecule has 8 heteroatoms. The van der Waals surface area contributed by atoms with Crippen LogP contribution in [-0.2, 0) is 16.1 Å². The highest BCUT2D eigenvalue weighted by atomic mass is 16.5. The van der Waals surface area contributed by atoms with Gasteiger partial charge in [0.2, 0.25) is 5.91 Å². The number of amides is 2. The molecule has 8 nitrogen and oxygen atoms in total. The smallest absolute Gasteiger partial charge is 0.261 e. The number of benzene rings is 2. The number of carbonyl (C=O) groups is 2. The van der Waals surface area contributed by atoms with Gasteiger partial charge in [-0.1, -0.05) is 31.4 Å². The normalized spacial score (nSPS) is 14.5. The van der Waals surface area contributed by atoms with E-state index in [0.29, 0.717) is 23.0 Å². The Hall–Kier alpha value is -3.42. The molecule has 35 heavy (non-hydrogen) atoms. The fraction of sp³-hybridized carbons (Fsp3) is 0.481. The Bertz CT molecular complexity index is 967. The molecule has 0 spiro atoms. The second kappa shape index (κ2) is 12.9. The number of methoxy groups -OCH3 is 3. The summed E-state index contributed by atoms with van der Waals surface area (Å²) in [6, 6.07) is 12.1. The summed E-state index contributed by atoms with van der Waals surface area (Å²) in [5.41, 5.74) is 0.859. The quantitative estimate of drug-likeness (QED) is 0.520. The van der Waals surface area contributed by atoms with Crippen molar-refractivity contribution in [3.63, 3.8) is 0 Å². The molecule has 0 saturated heterocycles. The summed E-state index contributed by atoms with van der Waals surface area (Å²) in [6.07, 6.45) is 5.38. The largest absolute Gasteiger partial charge is 0.497 e. The third-order valence-electron chi connectivity index (χ3n) is 6.29. The summed E-state index contributed by atoms with van der Waals surface area (Å²) < 4.78 is 21.7. The van der Waals surface area contributed by atoms with Gasteiger partial charge in [0.05, 0.1) is 21.3 Å². The highest BCUT2D eigenvalue weighted by molar-refractivity contribution is 5.88. The minimum Gasteiger partial charge on any atom is -0.497 e. The molecule has 1 aliphatic rings.